The lowest BCUT2D eigenvalue weighted by molar-refractivity contribution is -0.132. The van der Waals surface area contributed by atoms with E-state index >= 15 is 0 Å². The van der Waals surface area contributed by atoms with Crippen molar-refractivity contribution in [2.24, 2.45) is 0 Å². The number of hydrogen-bond acceptors (Lipinski definition) is 11. The number of carbonyl (C=O) groups is 1. The van der Waals surface area contributed by atoms with Gasteiger partial charge in [0.25, 0.3) is 0 Å². The highest BCUT2D eigenvalue weighted by Gasteiger charge is 2.82. The predicted molar refractivity (Wildman–Crippen MR) is 104 cm³/mol. The number of carbonyl (C=O) groups excluding carboxylic acids is 1. The van der Waals surface area contributed by atoms with Crippen LogP contribution < -0.4 is 5.73 Å². The third-order valence-electron chi connectivity index (χ3n) is 6.35. The normalized spacial score (nSPS) is 35.1. The van der Waals surface area contributed by atoms with Crippen molar-refractivity contribution in [2.45, 2.75) is 36.4 Å². The molecular weight excluding hydrogens is 410 g/mol. The zero-order valence-corrected chi connectivity index (χ0v) is 17.0. The topological polar surface area (TPSA) is 154 Å². The van der Waals surface area contributed by atoms with Crippen molar-refractivity contribution in [1.82, 2.24) is 19.5 Å². The van der Waals surface area contributed by atoms with Gasteiger partial charge >= 0.3 is 6.16 Å². The van der Waals surface area contributed by atoms with Crippen molar-refractivity contribution in [3.8, 4) is 0 Å². The lowest BCUT2D eigenvalue weighted by atomic mass is 9.91. The second-order valence-corrected chi connectivity index (χ2v) is 8.19. The molecule has 4 N–H and O–H groups in total. The fraction of sp³-hybridized carbons (Fsp3) is 0.632. The molecule has 2 aromatic heterocycles. The number of nitrogen functional groups attached to an aromatic ring is 1. The van der Waals surface area contributed by atoms with Crippen molar-refractivity contribution in [2.75, 3.05) is 45.2 Å². The zero-order chi connectivity index (χ0) is 21.8. The minimum absolute atomic E-state index is 0.160. The summed E-state index contributed by atoms with van der Waals surface area (Å²) in [5.41, 5.74) is 3.90. The molecule has 0 bridgehead atoms. The van der Waals surface area contributed by atoms with Crippen molar-refractivity contribution >= 4 is 17.5 Å². The first-order chi connectivity index (χ1) is 14.9. The molecule has 0 spiro atoms. The Balaban J connectivity index is 1.21. The van der Waals surface area contributed by atoms with Crippen molar-refractivity contribution < 1.29 is 34.0 Å². The maximum absolute atomic E-state index is 12.0. The molecule has 1 unspecified atom stereocenters. The summed E-state index contributed by atoms with van der Waals surface area (Å²) in [6.45, 7) is 5.25. The Bertz CT molecular complexity index is 995. The van der Waals surface area contributed by atoms with Gasteiger partial charge in [-0.15, -0.1) is 0 Å². The summed E-state index contributed by atoms with van der Waals surface area (Å²) in [5.74, 6) is 0.280. The maximum atomic E-state index is 12.0. The Morgan fingerprint density at radius 3 is 2.87 bits per heavy atom. The highest BCUT2D eigenvalue weighted by Crippen LogP contribution is 2.59. The molecule has 3 fully saturated rings. The monoisotopic (exact) mass is 435 g/mol. The number of hydrogen-bond donors (Lipinski definition) is 3. The summed E-state index contributed by atoms with van der Waals surface area (Å²) in [6, 6.07) is 3.41. The van der Waals surface area contributed by atoms with Gasteiger partial charge in [0.05, 0.1) is 18.9 Å². The Morgan fingerprint density at radius 2 is 2.16 bits per heavy atom. The molecule has 3 aliphatic rings. The molecule has 12 nitrogen and oxygen atoms in total. The van der Waals surface area contributed by atoms with E-state index in [1.165, 1.54) is 10.8 Å². The lowest BCUT2D eigenvalue weighted by Crippen LogP contribution is -2.46. The highest BCUT2D eigenvalue weighted by atomic mass is 16.8. The largest absolute Gasteiger partial charge is 0.508 e. The van der Waals surface area contributed by atoms with Crippen LogP contribution in [-0.4, -0.2) is 99.2 Å². The van der Waals surface area contributed by atoms with Crippen LogP contribution in [0.2, 0.25) is 0 Å². The van der Waals surface area contributed by atoms with Gasteiger partial charge in [-0.25, -0.2) is 14.3 Å². The zero-order valence-electron chi connectivity index (χ0n) is 17.0. The lowest BCUT2D eigenvalue weighted by Gasteiger charge is -2.32. The molecule has 0 radical (unpaired) electrons. The number of fused-ring (bicyclic) bond motifs is 2. The van der Waals surface area contributed by atoms with Crippen molar-refractivity contribution in [3.05, 3.63) is 24.2 Å². The van der Waals surface area contributed by atoms with E-state index in [1.54, 1.807) is 19.1 Å². The quantitative estimate of drug-likeness (QED) is 0.490. The fourth-order valence-electron chi connectivity index (χ4n) is 4.47. The first-order valence-corrected chi connectivity index (χ1v) is 10.2. The second kappa shape index (κ2) is 7.28. The van der Waals surface area contributed by atoms with Gasteiger partial charge in [-0.3, -0.25) is 4.90 Å². The minimum Gasteiger partial charge on any atom is -0.433 e. The van der Waals surface area contributed by atoms with E-state index in [-0.39, 0.29) is 12.4 Å². The Labute approximate surface area is 177 Å². The van der Waals surface area contributed by atoms with Gasteiger partial charge < -0.3 is 34.9 Å². The number of rotatable bonds is 5. The van der Waals surface area contributed by atoms with Gasteiger partial charge in [0.15, 0.2) is 17.5 Å². The van der Waals surface area contributed by atoms with Gasteiger partial charge in [-0.1, -0.05) is 0 Å². The molecule has 2 saturated heterocycles. The van der Waals surface area contributed by atoms with Gasteiger partial charge in [0.1, 0.15) is 36.3 Å². The molecule has 2 aromatic rings. The molecule has 5 atom stereocenters. The second-order valence-electron chi connectivity index (χ2n) is 8.19. The summed E-state index contributed by atoms with van der Waals surface area (Å²) in [6.07, 6.45) is -2.88. The number of aliphatic hydroxyl groups excluding tert-OH is 1. The van der Waals surface area contributed by atoms with Crippen LogP contribution in [-0.2, 0) is 24.5 Å². The predicted octanol–water partition coefficient (Wildman–Crippen LogP) is -1.11. The highest BCUT2D eigenvalue weighted by molar-refractivity contribution is 5.66. The van der Waals surface area contributed by atoms with E-state index < -0.39 is 35.7 Å². The van der Waals surface area contributed by atoms with Gasteiger partial charge in [0.2, 0.25) is 0 Å². The molecule has 31 heavy (non-hydrogen) atoms. The Morgan fingerprint density at radius 1 is 1.39 bits per heavy atom. The van der Waals surface area contributed by atoms with Gasteiger partial charge in [-0.05, 0) is 19.1 Å². The van der Waals surface area contributed by atoms with Crippen LogP contribution in [0.15, 0.2) is 18.5 Å². The Hall–Kier alpha value is -2.51. The minimum atomic E-state index is -1.74. The number of aromatic nitrogens is 3. The average molecular weight is 435 g/mol. The van der Waals surface area contributed by atoms with Crippen LogP contribution in [0.4, 0.5) is 10.6 Å². The number of anilines is 1. The maximum Gasteiger partial charge on any atom is 0.508 e. The molecule has 0 aromatic carbocycles. The molecule has 2 aliphatic heterocycles. The first-order valence-electron chi connectivity index (χ1n) is 10.2. The number of morpholine rings is 1. The van der Waals surface area contributed by atoms with Gasteiger partial charge in [0, 0.05) is 19.6 Å². The van der Waals surface area contributed by atoms with Crippen LogP contribution in [0.1, 0.15) is 12.6 Å². The Kier molecular flexibility index (Phi) is 4.79. The van der Waals surface area contributed by atoms with E-state index in [4.69, 9.17) is 24.7 Å². The fourth-order valence-corrected chi connectivity index (χ4v) is 4.47. The van der Waals surface area contributed by atoms with Crippen molar-refractivity contribution in [3.63, 3.8) is 0 Å². The van der Waals surface area contributed by atoms with E-state index in [2.05, 4.69) is 15.0 Å². The smallest absolute Gasteiger partial charge is 0.433 e. The summed E-state index contributed by atoms with van der Waals surface area (Å²) in [5, 5.41) is 26.0. The summed E-state index contributed by atoms with van der Waals surface area (Å²) in [4.78, 5) is 18.1. The number of ether oxygens (including phenoxy) is 4. The SMILES string of the molecule is C[C@@]1(c2ccc3c(N)ncnn23)O[C@@H]2C(OC(=O)OCCN3CCOCC3)[C@]2(O)[C@H]1O. The van der Waals surface area contributed by atoms with E-state index in [0.717, 1.165) is 13.1 Å². The molecule has 1 aliphatic carbocycles. The van der Waals surface area contributed by atoms with Crippen molar-refractivity contribution in [1.29, 1.82) is 0 Å². The van der Waals surface area contributed by atoms with Crippen LogP contribution in [0.25, 0.3) is 5.52 Å². The van der Waals surface area contributed by atoms with Crippen LogP contribution >= 0.6 is 0 Å². The molecule has 168 valence electrons. The van der Waals surface area contributed by atoms with E-state index in [1.807, 2.05) is 0 Å². The molecule has 0 amide bonds. The molecule has 4 heterocycles. The van der Waals surface area contributed by atoms with Gasteiger partial charge in [-0.2, -0.15) is 5.10 Å². The number of nitrogens with two attached hydrogens (primary N) is 1. The standard InChI is InChI=1S/C19H25N5O7/c1-18(12-3-2-11-15(20)21-10-22-24(11)12)16(25)19(27)13(14(19)31-18)30-17(26)29-9-6-23-4-7-28-8-5-23/h2-3,10,13-14,16,25,27H,4-9H2,1H3,(H2,20,21,22)/t13?,14-,16+,18+,19-/m1/s1. The number of aliphatic hydroxyl groups is 2. The summed E-state index contributed by atoms with van der Waals surface area (Å²) in [7, 11) is 0. The molecule has 12 heteroatoms. The number of nitrogens with zero attached hydrogens (tertiary/aromatic N) is 4. The summed E-state index contributed by atoms with van der Waals surface area (Å²) >= 11 is 0. The summed E-state index contributed by atoms with van der Waals surface area (Å²) < 4.78 is 23.1. The third-order valence-corrected chi connectivity index (χ3v) is 6.35. The third kappa shape index (κ3) is 3.13. The van der Waals surface area contributed by atoms with Crippen LogP contribution in [0.5, 0.6) is 0 Å². The molecular formula is C19H25N5O7. The van der Waals surface area contributed by atoms with E-state index in [0.29, 0.717) is 31.0 Å². The first kappa shape index (κ1) is 20.4. The van der Waals surface area contributed by atoms with E-state index in [9.17, 15) is 15.0 Å². The average Bonchev–Trinajstić information content (AvgIpc) is 3.06. The van der Waals surface area contributed by atoms with Crippen LogP contribution in [0, 0.1) is 0 Å². The molecule has 5 rings (SSSR count). The molecule has 1 saturated carbocycles. The van der Waals surface area contributed by atoms with Crippen LogP contribution in [0.3, 0.4) is 0 Å².